The lowest BCUT2D eigenvalue weighted by Gasteiger charge is -2.23. The Morgan fingerprint density at radius 3 is 2.39 bits per heavy atom. The average molecular weight is 487 g/mol. The number of anilines is 2. The molecule has 3 aromatic rings. The van der Waals surface area contributed by atoms with Gasteiger partial charge in [-0.1, -0.05) is 36.4 Å². The molecule has 0 saturated carbocycles. The lowest BCUT2D eigenvalue weighted by molar-refractivity contribution is -0.119. The highest BCUT2D eigenvalue weighted by atomic mass is 16.5. The third-order valence-corrected chi connectivity index (χ3v) is 5.95. The second kappa shape index (κ2) is 12.5. The number of hydrogen-bond acceptors (Lipinski definition) is 5. The van der Waals surface area contributed by atoms with Crippen LogP contribution in [0.2, 0.25) is 0 Å². The highest BCUT2D eigenvalue weighted by molar-refractivity contribution is 5.94. The number of ether oxygens (including phenoxy) is 2. The van der Waals surface area contributed by atoms with Crippen molar-refractivity contribution in [1.29, 1.82) is 0 Å². The fraction of sp³-hybridized carbons (Fsp3) is 0.276. The zero-order chi connectivity index (χ0) is 25.2. The van der Waals surface area contributed by atoms with E-state index in [2.05, 4.69) is 5.32 Å². The highest BCUT2D eigenvalue weighted by Crippen LogP contribution is 2.27. The Balaban J connectivity index is 1.23. The van der Waals surface area contributed by atoms with Gasteiger partial charge < -0.3 is 19.7 Å². The Labute approximate surface area is 211 Å². The molecule has 0 fully saturated rings. The molecule has 0 spiro atoms. The average Bonchev–Trinajstić information content (AvgIpc) is 2.91. The van der Waals surface area contributed by atoms with Gasteiger partial charge in [0.05, 0.1) is 18.7 Å². The van der Waals surface area contributed by atoms with E-state index >= 15 is 0 Å². The van der Waals surface area contributed by atoms with E-state index in [-0.39, 0.29) is 25.0 Å². The van der Waals surface area contributed by atoms with Crippen LogP contribution in [0.4, 0.5) is 11.4 Å². The predicted octanol–water partition coefficient (Wildman–Crippen LogP) is 5.01. The quantitative estimate of drug-likeness (QED) is 0.304. The summed E-state index contributed by atoms with van der Waals surface area (Å²) in [6, 6.07) is 23.9. The van der Waals surface area contributed by atoms with Crippen molar-refractivity contribution in [1.82, 2.24) is 0 Å². The lowest BCUT2D eigenvalue weighted by Crippen LogP contribution is -2.34. The first-order chi connectivity index (χ1) is 17.6. The van der Waals surface area contributed by atoms with Crippen LogP contribution < -0.4 is 15.0 Å². The Hall–Kier alpha value is -4.13. The number of nitrogens with one attached hydrogen (secondary N) is 1. The van der Waals surface area contributed by atoms with Crippen molar-refractivity contribution in [3.05, 3.63) is 90.0 Å². The summed E-state index contributed by atoms with van der Waals surface area (Å²) >= 11 is 0. The lowest BCUT2D eigenvalue weighted by atomic mass is 10.0. The van der Waals surface area contributed by atoms with Crippen molar-refractivity contribution >= 4 is 29.2 Å². The number of para-hydroxylation sites is 1. The van der Waals surface area contributed by atoms with Crippen LogP contribution in [0.25, 0.3) is 0 Å². The molecule has 0 radical (unpaired) electrons. The minimum atomic E-state index is -0.405. The number of esters is 1. The standard InChI is InChI=1S/C29H30N2O5/c32-27-17-14-23-21-25(15-16-26(23)30-27)35-19-8-7-13-28(33)31(24-11-5-2-6-12-24)18-20-36-29(34)22-9-3-1-4-10-22/h1-6,9-12,15-16,21H,7-8,13-14,17-20H2,(H,30,32). The minimum Gasteiger partial charge on any atom is -0.494 e. The molecule has 1 N–H and O–H groups in total. The van der Waals surface area contributed by atoms with Crippen LogP contribution in [0.5, 0.6) is 5.75 Å². The molecule has 0 bridgehead atoms. The van der Waals surface area contributed by atoms with E-state index in [0.29, 0.717) is 37.9 Å². The van der Waals surface area contributed by atoms with E-state index in [1.54, 1.807) is 29.2 Å². The summed E-state index contributed by atoms with van der Waals surface area (Å²) in [4.78, 5) is 38.4. The number of nitrogens with zero attached hydrogens (tertiary/aromatic N) is 1. The van der Waals surface area contributed by atoms with Gasteiger partial charge in [-0.3, -0.25) is 9.59 Å². The summed E-state index contributed by atoms with van der Waals surface area (Å²) in [7, 11) is 0. The third-order valence-electron chi connectivity index (χ3n) is 5.95. The highest BCUT2D eigenvalue weighted by Gasteiger charge is 2.17. The molecule has 0 atom stereocenters. The van der Waals surface area contributed by atoms with Crippen LogP contribution in [-0.2, 0) is 20.7 Å². The molecule has 1 heterocycles. The van der Waals surface area contributed by atoms with Crippen LogP contribution >= 0.6 is 0 Å². The van der Waals surface area contributed by atoms with E-state index in [9.17, 15) is 14.4 Å². The van der Waals surface area contributed by atoms with Crippen LogP contribution in [-0.4, -0.2) is 37.5 Å². The monoisotopic (exact) mass is 486 g/mol. The van der Waals surface area contributed by atoms with Crippen molar-refractivity contribution in [3.8, 4) is 5.75 Å². The van der Waals surface area contributed by atoms with Crippen molar-refractivity contribution < 1.29 is 23.9 Å². The fourth-order valence-electron chi connectivity index (χ4n) is 4.05. The van der Waals surface area contributed by atoms with Gasteiger partial charge in [-0.15, -0.1) is 0 Å². The maximum atomic E-state index is 13.0. The SMILES string of the molecule is O=C1CCc2cc(OCCCCC(=O)N(CCOC(=O)c3ccccc3)c3ccccc3)ccc2N1. The number of hydrogen-bond donors (Lipinski definition) is 1. The first kappa shape index (κ1) is 25.0. The zero-order valence-electron chi connectivity index (χ0n) is 20.2. The van der Waals surface area contributed by atoms with E-state index < -0.39 is 5.97 Å². The molecule has 186 valence electrons. The topological polar surface area (TPSA) is 84.9 Å². The Kier molecular flexibility index (Phi) is 8.70. The predicted molar refractivity (Wildman–Crippen MR) is 138 cm³/mol. The van der Waals surface area contributed by atoms with Gasteiger partial charge >= 0.3 is 5.97 Å². The van der Waals surface area contributed by atoms with Gasteiger partial charge in [-0.05, 0) is 67.3 Å². The number of fused-ring (bicyclic) bond motifs is 1. The number of aryl methyl sites for hydroxylation is 1. The van der Waals surface area contributed by atoms with Crippen LogP contribution in [0.15, 0.2) is 78.9 Å². The number of unbranched alkanes of at least 4 members (excludes halogenated alkanes) is 1. The van der Waals surface area contributed by atoms with Gasteiger partial charge in [-0.25, -0.2) is 4.79 Å². The smallest absolute Gasteiger partial charge is 0.338 e. The molecule has 1 aliphatic rings. The molecule has 3 aromatic carbocycles. The number of carbonyl (C=O) groups is 3. The maximum Gasteiger partial charge on any atom is 0.338 e. The van der Waals surface area contributed by atoms with Gasteiger partial charge in [0.2, 0.25) is 11.8 Å². The Morgan fingerprint density at radius 2 is 1.61 bits per heavy atom. The minimum absolute atomic E-state index is 0.0264. The molecule has 7 nitrogen and oxygen atoms in total. The van der Waals surface area contributed by atoms with Crippen LogP contribution in [0.1, 0.15) is 41.6 Å². The van der Waals surface area contributed by atoms with Crippen LogP contribution in [0, 0.1) is 0 Å². The molecule has 0 aliphatic carbocycles. The summed E-state index contributed by atoms with van der Waals surface area (Å²) in [5.41, 5.74) is 3.18. The number of amides is 2. The van der Waals surface area contributed by atoms with Crippen molar-refractivity contribution in [3.63, 3.8) is 0 Å². The Bertz CT molecular complexity index is 1180. The summed E-state index contributed by atoms with van der Waals surface area (Å²) < 4.78 is 11.3. The van der Waals surface area contributed by atoms with Crippen molar-refractivity contribution in [2.24, 2.45) is 0 Å². The van der Waals surface area contributed by atoms with Gasteiger partial charge in [0.15, 0.2) is 0 Å². The largest absolute Gasteiger partial charge is 0.494 e. The Morgan fingerprint density at radius 1 is 0.861 bits per heavy atom. The fourth-order valence-corrected chi connectivity index (χ4v) is 4.05. The molecule has 7 heteroatoms. The van der Waals surface area contributed by atoms with Crippen molar-refractivity contribution in [2.45, 2.75) is 32.1 Å². The van der Waals surface area contributed by atoms with Gasteiger partial charge in [0.25, 0.3) is 0 Å². The van der Waals surface area contributed by atoms with E-state index in [0.717, 1.165) is 29.1 Å². The van der Waals surface area contributed by atoms with E-state index in [1.165, 1.54) is 0 Å². The molecule has 4 rings (SSSR count). The summed E-state index contributed by atoms with van der Waals surface area (Å²) in [6.45, 7) is 0.887. The molecule has 1 aliphatic heterocycles. The first-order valence-electron chi connectivity index (χ1n) is 12.2. The van der Waals surface area contributed by atoms with Crippen LogP contribution in [0.3, 0.4) is 0 Å². The molecule has 0 aromatic heterocycles. The molecule has 0 saturated heterocycles. The van der Waals surface area contributed by atoms with Gasteiger partial charge in [0, 0.05) is 24.2 Å². The summed E-state index contributed by atoms with van der Waals surface area (Å²) in [6.07, 6.45) is 2.96. The number of benzene rings is 3. The number of carbonyl (C=O) groups excluding carboxylic acids is 3. The van der Waals surface area contributed by atoms with E-state index in [1.807, 2.05) is 54.6 Å². The molecule has 0 unspecified atom stereocenters. The molecule has 2 amide bonds. The van der Waals surface area contributed by atoms with E-state index in [4.69, 9.17) is 9.47 Å². The molecule has 36 heavy (non-hydrogen) atoms. The second-order valence-corrected chi connectivity index (χ2v) is 8.56. The third kappa shape index (κ3) is 6.95. The van der Waals surface area contributed by atoms with Gasteiger partial charge in [-0.2, -0.15) is 0 Å². The van der Waals surface area contributed by atoms with Crippen molar-refractivity contribution in [2.75, 3.05) is 30.0 Å². The maximum absolute atomic E-state index is 13.0. The molecular formula is C29H30N2O5. The number of rotatable bonds is 11. The normalized spacial score (nSPS) is 12.3. The molecular weight excluding hydrogens is 456 g/mol. The first-order valence-corrected chi connectivity index (χ1v) is 12.2. The second-order valence-electron chi connectivity index (χ2n) is 8.56. The summed E-state index contributed by atoms with van der Waals surface area (Å²) in [5.74, 6) is 0.376. The van der Waals surface area contributed by atoms with Gasteiger partial charge in [0.1, 0.15) is 12.4 Å². The zero-order valence-corrected chi connectivity index (χ0v) is 20.2. The summed E-state index contributed by atoms with van der Waals surface area (Å²) in [5, 5.41) is 2.86.